The molecule has 0 radical (unpaired) electrons. The number of rotatable bonds is 6. The van der Waals surface area contributed by atoms with Crippen LogP contribution in [0.15, 0.2) is 16.6 Å². The fourth-order valence-electron chi connectivity index (χ4n) is 2.13. The van der Waals surface area contributed by atoms with Crippen molar-refractivity contribution in [1.82, 2.24) is 0 Å². The van der Waals surface area contributed by atoms with Crippen molar-refractivity contribution in [2.45, 2.75) is 38.6 Å². The molecule has 3 nitrogen and oxygen atoms in total. The van der Waals surface area contributed by atoms with E-state index in [0.717, 1.165) is 18.8 Å². The summed E-state index contributed by atoms with van der Waals surface area (Å²) in [5.74, 6) is -0.904. The Morgan fingerprint density at radius 3 is 2.79 bits per heavy atom. The van der Waals surface area contributed by atoms with Crippen molar-refractivity contribution in [3.05, 3.63) is 28.0 Å². The second-order valence-corrected chi connectivity index (χ2v) is 5.82. The van der Waals surface area contributed by atoms with Gasteiger partial charge in [-0.25, -0.2) is 9.18 Å². The Morgan fingerprint density at radius 1 is 1.58 bits per heavy atom. The van der Waals surface area contributed by atoms with Gasteiger partial charge in [0.1, 0.15) is 0 Å². The number of carboxylic acids is 1. The Balaban J connectivity index is 2.15. The molecule has 19 heavy (non-hydrogen) atoms. The molecule has 0 amide bonds. The number of halogens is 2. The number of benzene rings is 1. The zero-order valence-corrected chi connectivity index (χ0v) is 12.3. The van der Waals surface area contributed by atoms with E-state index in [-0.39, 0.29) is 16.1 Å². The molecule has 1 aromatic rings. The van der Waals surface area contributed by atoms with E-state index in [2.05, 4.69) is 28.2 Å². The molecular formula is C14H17BrFNO2. The molecule has 0 saturated heterocycles. The van der Waals surface area contributed by atoms with Crippen molar-refractivity contribution in [1.29, 1.82) is 0 Å². The van der Waals surface area contributed by atoms with E-state index >= 15 is 0 Å². The zero-order valence-electron chi connectivity index (χ0n) is 10.7. The average Bonchev–Trinajstić information content (AvgIpc) is 3.17. The van der Waals surface area contributed by atoms with Gasteiger partial charge in [0, 0.05) is 6.04 Å². The van der Waals surface area contributed by atoms with Crippen LogP contribution in [0.4, 0.5) is 10.1 Å². The topological polar surface area (TPSA) is 49.3 Å². The number of hydrogen-bond donors (Lipinski definition) is 2. The van der Waals surface area contributed by atoms with Crippen molar-refractivity contribution in [3.63, 3.8) is 0 Å². The second-order valence-electron chi connectivity index (χ2n) is 5.02. The molecule has 1 aliphatic carbocycles. The molecule has 1 atom stereocenters. The fraction of sp³-hybridized carbons (Fsp3) is 0.500. The molecule has 0 heterocycles. The summed E-state index contributed by atoms with van der Waals surface area (Å²) in [6.07, 6.45) is 4.51. The van der Waals surface area contributed by atoms with Crippen LogP contribution in [0.2, 0.25) is 0 Å². The highest BCUT2D eigenvalue weighted by atomic mass is 79.9. The van der Waals surface area contributed by atoms with Crippen LogP contribution in [-0.4, -0.2) is 17.1 Å². The van der Waals surface area contributed by atoms with Gasteiger partial charge in [-0.2, -0.15) is 0 Å². The first-order chi connectivity index (χ1) is 9.02. The maximum atomic E-state index is 14.1. The second kappa shape index (κ2) is 5.90. The van der Waals surface area contributed by atoms with Crippen LogP contribution in [0.25, 0.3) is 0 Å². The lowest BCUT2D eigenvalue weighted by molar-refractivity contribution is 0.0695. The zero-order chi connectivity index (χ0) is 14.0. The van der Waals surface area contributed by atoms with E-state index in [1.54, 1.807) is 0 Å². The molecule has 5 heteroatoms. The van der Waals surface area contributed by atoms with Crippen LogP contribution >= 0.6 is 15.9 Å². The first-order valence-electron chi connectivity index (χ1n) is 6.50. The van der Waals surface area contributed by atoms with Gasteiger partial charge in [-0.3, -0.25) is 0 Å². The molecule has 2 N–H and O–H groups in total. The molecule has 1 aromatic carbocycles. The van der Waals surface area contributed by atoms with E-state index in [1.165, 1.54) is 25.0 Å². The summed E-state index contributed by atoms with van der Waals surface area (Å²) in [5.41, 5.74) is 0.308. The van der Waals surface area contributed by atoms with Crippen LogP contribution in [-0.2, 0) is 0 Å². The van der Waals surface area contributed by atoms with Gasteiger partial charge in [-0.05, 0) is 46.8 Å². The van der Waals surface area contributed by atoms with E-state index in [9.17, 15) is 9.18 Å². The molecule has 1 aliphatic rings. The number of hydrogen-bond acceptors (Lipinski definition) is 2. The standard InChI is InChI=1S/C14H17BrFNO2/c1-2-9(7-8-3-4-8)17-11-6-5-10(14(18)19)12(15)13(11)16/h5-6,8-9,17H,2-4,7H2,1H3,(H,18,19). The Hall–Kier alpha value is -1.10. The quantitative estimate of drug-likeness (QED) is 0.819. The summed E-state index contributed by atoms with van der Waals surface area (Å²) in [5, 5.41) is 12.1. The van der Waals surface area contributed by atoms with Gasteiger partial charge in [0.05, 0.1) is 15.7 Å². The smallest absolute Gasteiger partial charge is 0.336 e. The normalized spacial score (nSPS) is 16.2. The summed E-state index contributed by atoms with van der Waals surface area (Å²) < 4.78 is 14.1. The monoisotopic (exact) mass is 329 g/mol. The third-order valence-corrected chi connectivity index (χ3v) is 4.26. The lowest BCUT2D eigenvalue weighted by Gasteiger charge is -2.19. The fourth-order valence-corrected chi connectivity index (χ4v) is 2.64. The molecule has 2 rings (SSSR count). The summed E-state index contributed by atoms with van der Waals surface area (Å²) in [6.45, 7) is 2.07. The average molecular weight is 330 g/mol. The van der Waals surface area contributed by atoms with Gasteiger partial charge in [-0.15, -0.1) is 0 Å². The van der Waals surface area contributed by atoms with Gasteiger partial charge >= 0.3 is 5.97 Å². The minimum atomic E-state index is -1.14. The van der Waals surface area contributed by atoms with Gasteiger partial charge in [0.25, 0.3) is 0 Å². The number of aromatic carboxylic acids is 1. The molecule has 0 spiro atoms. The van der Waals surface area contributed by atoms with Crippen LogP contribution in [0.5, 0.6) is 0 Å². The maximum absolute atomic E-state index is 14.1. The van der Waals surface area contributed by atoms with Crippen molar-refractivity contribution in [2.24, 2.45) is 5.92 Å². The van der Waals surface area contributed by atoms with Crippen LogP contribution in [0.3, 0.4) is 0 Å². The van der Waals surface area contributed by atoms with Crippen molar-refractivity contribution < 1.29 is 14.3 Å². The highest BCUT2D eigenvalue weighted by Crippen LogP contribution is 2.35. The minimum absolute atomic E-state index is 0.00581. The van der Waals surface area contributed by atoms with Gasteiger partial charge in [-0.1, -0.05) is 19.8 Å². The van der Waals surface area contributed by atoms with E-state index in [1.807, 2.05) is 0 Å². The number of nitrogens with one attached hydrogen (secondary N) is 1. The summed E-state index contributed by atoms with van der Waals surface area (Å²) in [4.78, 5) is 10.9. The third-order valence-electron chi connectivity index (χ3n) is 3.48. The van der Waals surface area contributed by atoms with Gasteiger partial charge < -0.3 is 10.4 Å². The Bertz CT molecular complexity index is 489. The maximum Gasteiger partial charge on any atom is 0.336 e. The molecule has 1 saturated carbocycles. The Labute approximate surface area is 120 Å². The Kier molecular flexibility index (Phi) is 4.45. The SMILES string of the molecule is CCC(CC1CC1)Nc1ccc(C(=O)O)c(Br)c1F. The summed E-state index contributed by atoms with van der Waals surface area (Å²) in [7, 11) is 0. The predicted octanol–water partition coefficient (Wildman–Crippen LogP) is 4.28. The number of carboxylic acid groups (broad SMARTS) is 1. The first-order valence-corrected chi connectivity index (χ1v) is 7.30. The van der Waals surface area contributed by atoms with E-state index < -0.39 is 11.8 Å². The number of carbonyl (C=O) groups is 1. The first kappa shape index (κ1) is 14.3. The molecule has 0 aromatic heterocycles. The molecule has 104 valence electrons. The highest BCUT2D eigenvalue weighted by molar-refractivity contribution is 9.10. The highest BCUT2D eigenvalue weighted by Gasteiger charge is 2.25. The van der Waals surface area contributed by atoms with Gasteiger partial charge in [0.2, 0.25) is 0 Å². The summed E-state index contributed by atoms with van der Waals surface area (Å²) >= 11 is 3.01. The van der Waals surface area contributed by atoms with Crippen LogP contribution in [0.1, 0.15) is 43.0 Å². The van der Waals surface area contributed by atoms with Gasteiger partial charge in [0.15, 0.2) is 5.82 Å². The Morgan fingerprint density at radius 2 is 2.26 bits per heavy atom. The lowest BCUT2D eigenvalue weighted by atomic mass is 10.1. The van der Waals surface area contributed by atoms with E-state index in [4.69, 9.17) is 5.11 Å². The molecule has 1 fully saturated rings. The van der Waals surface area contributed by atoms with E-state index in [0.29, 0.717) is 5.69 Å². The van der Waals surface area contributed by atoms with Crippen LogP contribution < -0.4 is 5.32 Å². The molecule has 0 bridgehead atoms. The van der Waals surface area contributed by atoms with Crippen LogP contribution in [0, 0.1) is 11.7 Å². The lowest BCUT2D eigenvalue weighted by Crippen LogP contribution is -2.20. The molecule has 1 unspecified atom stereocenters. The van der Waals surface area contributed by atoms with Crippen molar-refractivity contribution >= 4 is 27.6 Å². The molecular weight excluding hydrogens is 313 g/mol. The third kappa shape index (κ3) is 3.47. The largest absolute Gasteiger partial charge is 0.478 e. The molecule has 0 aliphatic heterocycles. The van der Waals surface area contributed by atoms with Crippen molar-refractivity contribution in [2.75, 3.05) is 5.32 Å². The summed E-state index contributed by atoms with van der Waals surface area (Å²) in [6, 6.07) is 3.16. The minimum Gasteiger partial charge on any atom is -0.478 e. The number of anilines is 1. The predicted molar refractivity (Wildman–Crippen MR) is 76.1 cm³/mol. The van der Waals surface area contributed by atoms with Crippen molar-refractivity contribution in [3.8, 4) is 0 Å².